The molecule has 0 spiro atoms. The van der Waals surface area contributed by atoms with Gasteiger partial charge in [0.2, 0.25) is 11.8 Å². The van der Waals surface area contributed by atoms with Crippen LogP contribution in [0.1, 0.15) is 30.0 Å². The molecule has 134 valence electrons. The number of fused-ring (bicyclic) bond motifs is 1. The number of rotatable bonds is 6. The molecule has 0 saturated carbocycles. The van der Waals surface area contributed by atoms with E-state index in [2.05, 4.69) is 10.6 Å². The highest BCUT2D eigenvalue weighted by Crippen LogP contribution is 2.27. The molecule has 1 aliphatic heterocycles. The molecule has 1 heterocycles. The Bertz CT molecular complexity index is 820. The van der Waals surface area contributed by atoms with E-state index >= 15 is 0 Å². The molecule has 0 fully saturated rings. The van der Waals surface area contributed by atoms with Gasteiger partial charge in [0.15, 0.2) is 6.04 Å². The van der Waals surface area contributed by atoms with Crippen LogP contribution in [0.3, 0.4) is 0 Å². The molecule has 6 heteroatoms. The summed E-state index contributed by atoms with van der Waals surface area (Å²) in [6, 6.07) is 15.0. The largest absolute Gasteiger partial charge is 0.479 e. The maximum absolute atomic E-state index is 12.2. The van der Waals surface area contributed by atoms with E-state index in [0.29, 0.717) is 18.4 Å². The van der Waals surface area contributed by atoms with Gasteiger partial charge in [0.1, 0.15) is 0 Å². The summed E-state index contributed by atoms with van der Waals surface area (Å²) in [7, 11) is 0. The Morgan fingerprint density at radius 3 is 2.54 bits per heavy atom. The summed E-state index contributed by atoms with van der Waals surface area (Å²) in [6.07, 6.45) is 1.04. The maximum Gasteiger partial charge on any atom is 0.330 e. The molecule has 2 aromatic carbocycles. The van der Waals surface area contributed by atoms with Crippen LogP contribution < -0.4 is 10.6 Å². The van der Waals surface area contributed by atoms with E-state index < -0.39 is 12.0 Å². The Balaban J connectivity index is 1.58. The number of para-hydroxylation sites is 1. The second-order valence-corrected chi connectivity index (χ2v) is 6.34. The lowest BCUT2D eigenvalue weighted by molar-refractivity contribution is -0.142. The fourth-order valence-electron chi connectivity index (χ4n) is 3.12. The van der Waals surface area contributed by atoms with Gasteiger partial charge in [-0.2, -0.15) is 0 Å². The normalized spacial score (nSPS) is 16.9. The smallest absolute Gasteiger partial charge is 0.330 e. The minimum Gasteiger partial charge on any atom is -0.479 e. The van der Waals surface area contributed by atoms with Crippen molar-refractivity contribution < 1.29 is 19.5 Å². The van der Waals surface area contributed by atoms with Crippen LogP contribution in [0, 0.1) is 5.92 Å². The summed E-state index contributed by atoms with van der Waals surface area (Å²) < 4.78 is 0. The standard InChI is InChI=1S/C20H20N2O4/c23-17(22-18(20(25)26)13-6-2-1-3-7-13)11-10-15-12-14-8-4-5-9-16(14)21-19(15)24/h1-9,15,18H,10-12H2,(H,21,24)(H,22,23)(H,25,26)/t15?,18-/m1/s1. The predicted octanol–water partition coefficient (Wildman–Crippen LogP) is 2.52. The summed E-state index contributed by atoms with van der Waals surface area (Å²) in [5.74, 6) is -1.90. The number of benzene rings is 2. The van der Waals surface area contributed by atoms with Crippen LogP contribution in [0.5, 0.6) is 0 Å². The van der Waals surface area contributed by atoms with Gasteiger partial charge in [0, 0.05) is 18.0 Å². The van der Waals surface area contributed by atoms with Gasteiger partial charge in [-0.3, -0.25) is 9.59 Å². The summed E-state index contributed by atoms with van der Waals surface area (Å²) >= 11 is 0. The van der Waals surface area contributed by atoms with E-state index in [1.54, 1.807) is 30.3 Å². The average Bonchev–Trinajstić information content (AvgIpc) is 2.65. The van der Waals surface area contributed by atoms with E-state index in [0.717, 1.165) is 11.3 Å². The molecule has 26 heavy (non-hydrogen) atoms. The number of carbonyl (C=O) groups excluding carboxylic acids is 2. The van der Waals surface area contributed by atoms with Gasteiger partial charge in [0.05, 0.1) is 0 Å². The Morgan fingerprint density at radius 1 is 1.12 bits per heavy atom. The number of hydrogen-bond donors (Lipinski definition) is 3. The number of hydrogen-bond acceptors (Lipinski definition) is 3. The van der Waals surface area contributed by atoms with E-state index in [1.807, 2.05) is 24.3 Å². The number of carbonyl (C=O) groups is 3. The average molecular weight is 352 g/mol. The lowest BCUT2D eigenvalue weighted by atomic mass is 9.89. The van der Waals surface area contributed by atoms with Crippen LogP contribution in [-0.4, -0.2) is 22.9 Å². The fourth-order valence-corrected chi connectivity index (χ4v) is 3.12. The molecular weight excluding hydrogens is 332 g/mol. The number of aliphatic carboxylic acids is 1. The van der Waals surface area contributed by atoms with Crippen LogP contribution in [0.15, 0.2) is 54.6 Å². The van der Waals surface area contributed by atoms with Gasteiger partial charge in [-0.1, -0.05) is 48.5 Å². The zero-order chi connectivity index (χ0) is 18.5. The Labute approximate surface area is 151 Å². The summed E-state index contributed by atoms with van der Waals surface area (Å²) in [5.41, 5.74) is 2.37. The highest BCUT2D eigenvalue weighted by atomic mass is 16.4. The molecule has 0 bridgehead atoms. The van der Waals surface area contributed by atoms with Crippen LogP contribution in [-0.2, 0) is 20.8 Å². The van der Waals surface area contributed by atoms with Crippen molar-refractivity contribution in [1.29, 1.82) is 0 Å². The molecule has 3 N–H and O–H groups in total. The molecule has 0 aliphatic carbocycles. The Kier molecular flexibility index (Phi) is 5.31. The van der Waals surface area contributed by atoms with Crippen molar-refractivity contribution in [3.05, 3.63) is 65.7 Å². The van der Waals surface area contributed by atoms with Crippen molar-refractivity contribution in [3.63, 3.8) is 0 Å². The first kappa shape index (κ1) is 17.7. The molecule has 1 unspecified atom stereocenters. The van der Waals surface area contributed by atoms with Crippen molar-refractivity contribution in [2.45, 2.75) is 25.3 Å². The quantitative estimate of drug-likeness (QED) is 0.744. The Hall–Kier alpha value is -3.15. The lowest BCUT2D eigenvalue weighted by Gasteiger charge is -2.24. The molecule has 0 radical (unpaired) electrons. The van der Waals surface area contributed by atoms with Gasteiger partial charge < -0.3 is 15.7 Å². The van der Waals surface area contributed by atoms with Crippen LogP contribution in [0.25, 0.3) is 0 Å². The zero-order valence-electron chi connectivity index (χ0n) is 14.1. The van der Waals surface area contributed by atoms with Gasteiger partial charge in [-0.05, 0) is 30.0 Å². The summed E-state index contributed by atoms with van der Waals surface area (Å²) in [6.45, 7) is 0. The number of amides is 2. The second-order valence-electron chi connectivity index (χ2n) is 6.34. The van der Waals surface area contributed by atoms with Gasteiger partial charge >= 0.3 is 5.97 Å². The predicted molar refractivity (Wildman–Crippen MR) is 96.5 cm³/mol. The van der Waals surface area contributed by atoms with Crippen molar-refractivity contribution in [1.82, 2.24) is 5.32 Å². The minimum absolute atomic E-state index is 0.0941. The molecular formula is C20H20N2O4. The molecule has 0 saturated heterocycles. The number of nitrogens with one attached hydrogen (secondary N) is 2. The first-order valence-electron chi connectivity index (χ1n) is 8.50. The topological polar surface area (TPSA) is 95.5 Å². The van der Waals surface area contributed by atoms with E-state index in [9.17, 15) is 19.5 Å². The van der Waals surface area contributed by atoms with Crippen molar-refractivity contribution in [2.75, 3.05) is 5.32 Å². The first-order valence-corrected chi connectivity index (χ1v) is 8.50. The number of carboxylic acid groups (broad SMARTS) is 1. The third-order valence-corrected chi connectivity index (χ3v) is 4.52. The van der Waals surface area contributed by atoms with E-state index in [-0.39, 0.29) is 24.2 Å². The number of carboxylic acids is 1. The lowest BCUT2D eigenvalue weighted by Crippen LogP contribution is -2.35. The molecule has 0 aromatic heterocycles. The van der Waals surface area contributed by atoms with Crippen molar-refractivity contribution in [3.8, 4) is 0 Å². The zero-order valence-corrected chi connectivity index (χ0v) is 14.1. The SMILES string of the molecule is O=C(CCC1Cc2ccccc2NC1=O)N[C@@H](C(=O)O)c1ccccc1. The molecule has 6 nitrogen and oxygen atoms in total. The highest BCUT2D eigenvalue weighted by Gasteiger charge is 2.27. The second kappa shape index (κ2) is 7.82. The number of anilines is 1. The summed E-state index contributed by atoms with van der Waals surface area (Å²) in [5, 5.41) is 14.8. The van der Waals surface area contributed by atoms with Crippen LogP contribution >= 0.6 is 0 Å². The van der Waals surface area contributed by atoms with Gasteiger partial charge in [-0.15, -0.1) is 0 Å². The molecule has 3 rings (SSSR count). The molecule has 2 aromatic rings. The first-order chi connectivity index (χ1) is 12.5. The van der Waals surface area contributed by atoms with Crippen LogP contribution in [0.4, 0.5) is 5.69 Å². The highest BCUT2D eigenvalue weighted by molar-refractivity contribution is 5.96. The van der Waals surface area contributed by atoms with E-state index in [4.69, 9.17) is 0 Å². The third kappa shape index (κ3) is 4.08. The van der Waals surface area contributed by atoms with Gasteiger partial charge in [0.25, 0.3) is 0 Å². The maximum atomic E-state index is 12.2. The minimum atomic E-state index is -1.12. The third-order valence-electron chi connectivity index (χ3n) is 4.52. The fraction of sp³-hybridized carbons (Fsp3) is 0.250. The van der Waals surface area contributed by atoms with Crippen molar-refractivity contribution >= 4 is 23.5 Å². The monoisotopic (exact) mass is 352 g/mol. The van der Waals surface area contributed by atoms with E-state index in [1.165, 1.54) is 0 Å². The van der Waals surface area contributed by atoms with Crippen molar-refractivity contribution in [2.24, 2.45) is 5.92 Å². The molecule has 1 aliphatic rings. The Morgan fingerprint density at radius 2 is 1.81 bits per heavy atom. The summed E-state index contributed by atoms with van der Waals surface area (Å²) in [4.78, 5) is 35.9. The molecule has 2 atom stereocenters. The molecule has 2 amide bonds. The van der Waals surface area contributed by atoms with Crippen LogP contribution in [0.2, 0.25) is 0 Å². The van der Waals surface area contributed by atoms with Gasteiger partial charge in [-0.25, -0.2) is 4.79 Å².